The topological polar surface area (TPSA) is 78.7 Å². The van der Waals surface area contributed by atoms with Gasteiger partial charge in [0.05, 0.1) is 0 Å². The third-order valence-corrected chi connectivity index (χ3v) is 4.74. The quantitative estimate of drug-likeness (QED) is 0.738. The molecule has 0 atom stereocenters. The van der Waals surface area contributed by atoms with Crippen LogP contribution in [0.5, 0.6) is 0 Å². The molecule has 1 fully saturated rings. The number of rotatable bonds is 3. The maximum absolute atomic E-state index is 13.0. The number of carbonyl (C=O) groups is 2. The summed E-state index contributed by atoms with van der Waals surface area (Å²) >= 11 is 0. The van der Waals surface area contributed by atoms with Crippen LogP contribution >= 0.6 is 0 Å². The van der Waals surface area contributed by atoms with Gasteiger partial charge in [0.25, 0.3) is 5.91 Å². The van der Waals surface area contributed by atoms with Crippen LogP contribution in [0.2, 0.25) is 0 Å². The van der Waals surface area contributed by atoms with Gasteiger partial charge in [-0.05, 0) is 24.3 Å². The molecule has 148 valence electrons. The third-order valence-electron chi connectivity index (χ3n) is 4.74. The Hall–Kier alpha value is -3.68. The number of piperazine rings is 1. The number of nitrogens with zero attached hydrogens (tertiary/aromatic N) is 3. The van der Waals surface area contributed by atoms with Gasteiger partial charge in [-0.2, -0.15) is 0 Å². The second-order valence-corrected chi connectivity index (χ2v) is 6.66. The number of hydrogen-bond donors (Lipinski definition) is 1. The summed E-state index contributed by atoms with van der Waals surface area (Å²) in [7, 11) is 0. The molecule has 1 aromatic heterocycles. The maximum atomic E-state index is 13.0. The number of anilines is 1. The van der Waals surface area contributed by atoms with E-state index in [2.05, 4.69) is 10.5 Å². The summed E-state index contributed by atoms with van der Waals surface area (Å²) in [6.07, 6.45) is 0. The highest BCUT2D eigenvalue weighted by Gasteiger charge is 2.27. The SMILES string of the molecule is O=C(Nc1ccc(F)cc1)N1CCN(C(=O)c2cc(-c3ccccc3)on2)CC1. The van der Waals surface area contributed by atoms with E-state index in [1.807, 2.05) is 30.3 Å². The Kier molecular flexibility index (Phi) is 5.24. The molecule has 1 N–H and O–H groups in total. The Labute approximate surface area is 166 Å². The molecule has 29 heavy (non-hydrogen) atoms. The number of halogens is 1. The molecule has 1 saturated heterocycles. The summed E-state index contributed by atoms with van der Waals surface area (Å²) < 4.78 is 18.3. The normalized spacial score (nSPS) is 14.0. The van der Waals surface area contributed by atoms with Crippen LogP contribution in [0.3, 0.4) is 0 Å². The molecule has 0 unspecified atom stereocenters. The Morgan fingerprint density at radius 3 is 2.28 bits per heavy atom. The van der Waals surface area contributed by atoms with E-state index in [9.17, 15) is 14.0 Å². The number of aromatic nitrogens is 1. The van der Waals surface area contributed by atoms with E-state index in [4.69, 9.17) is 4.52 Å². The molecule has 0 bridgehead atoms. The van der Waals surface area contributed by atoms with Crippen LogP contribution in [0.4, 0.5) is 14.9 Å². The van der Waals surface area contributed by atoms with Gasteiger partial charge in [-0.15, -0.1) is 0 Å². The summed E-state index contributed by atoms with van der Waals surface area (Å²) in [5, 5.41) is 6.62. The fourth-order valence-electron chi connectivity index (χ4n) is 3.12. The molecule has 4 rings (SSSR count). The van der Waals surface area contributed by atoms with Crippen molar-refractivity contribution in [2.75, 3.05) is 31.5 Å². The van der Waals surface area contributed by atoms with Crippen LogP contribution in [0.15, 0.2) is 65.2 Å². The first-order chi connectivity index (χ1) is 14.1. The van der Waals surface area contributed by atoms with E-state index < -0.39 is 0 Å². The third kappa shape index (κ3) is 4.26. The van der Waals surface area contributed by atoms with Crippen molar-refractivity contribution < 1.29 is 18.5 Å². The Bertz CT molecular complexity index is 996. The number of carbonyl (C=O) groups excluding carboxylic acids is 2. The predicted octanol–water partition coefficient (Wildman–Crippen LogP) is 3.47. The first-order valence-electron chi connectivity index (χ1n) is 9.23. The molecule has 8 heteroatoms. The van der Waals surface area contributed by atoms with E-state index in [-0.39, 0.29) is 23.4 Å². The smallest absolute Gasteiger partial charge is 0.321 e. The highest BCUT2D eigenvalue weighted by Crippen LogP contribution is 2.21. The lowest BCUT2D eigenvalue weighted by Gasteiger charge is -2.34. The summed E-state index contributed by atoms with van der Waals surface area (Å²) in [6, 6.07) is 16.4. The van der Waals surface area contributed by atoms with E-state index >= 15 is 0 Å². The number of amides is 3. The van der Waals surface area contributed by atoms with Gasteiger partial charge in [0, 0.05) is 43.5 Å². The van der Waals surface area contributed by atoms with Gasteiger partial charge in [0.15, 0.2) is 11.5 Å². The molecule has 0 spiro atoms. The van der Waals surface area contributed by atoms with Crippen molar-refractivity contribution >= 4 is 17.6 Å². The summed E-state index contributed by atoms with van der Waals surface area (Å²) in [4.78, 5) is 28.3. The molecular formula is C21H19FN4O3. The molecule has 0 aliphatic carbocycles. The molecule has 2 heterocycles. The van der Waals surface area contributed by atoms with Crippen molar-refractivity contribution in [2.24, 2.45) is 0 Å². The van der Waals surface area contributed by atoms with Gasteiger partial charge in [-0.1, -0.05) is 35.5 Å². The minimum Gasteiger partial charge on any atom is -0.355 e. The molecule has 1 aliphatic rings. The van der Waals surface area contributed by atoms with Crippen molar-refractivity contribution in [2.45, 2.75) is 0 Å². The lowest BCUT2D eigenvalue weighted by molar-refractivity contribution is 0.0661. The first-order valence-corrected chi connectivity index (χ1v) is 9.23. The van der Waals surface area contributed by atoms with Crippen molar-refractivity contribution in [3.05, 3.63) is 72.2 Å². The van der Waals surface area contributed by atoms with Crippen LogP contribution in [-0.4, -0.2) is 53.1 Å². The summed E-state index contributed by atoms with van der Waals surface area (Å²) in [6.45, 7) is 1.57. The van der Waals surface area contributed by atoms with Gasteiger partial charge in [0.1, 0.15) is 5.82 Å². The van der Waals surface area contributed by atoms with Crippen LogP contribution in [0.1, 0.15) is 10.5 Å². The first kappa shape index (κ1) is 18.7. The second kappa shape index (κ2) is 8.14. The standard InChI is InChI=1S/C21H19FN4O3/c22-16-6-8-17(9-7-16)23-21(28)26-12-10-25(11-13-26)20(27)18-14-19(29-24-18)15-4-2-1-3-5-15/h1-9,14H,10-13H2,(H,23,28). The number of nitrogens with one attached hydrogen (secondary N) is 1. The van der Waals surface area contributed by atoms with Gasteiger partial charge in [-0.25, -0.2) is 9.18 Å². The minimum absolute atomic E-state index is 0.227. The zero-order valence-corrected chi connectivity index (χ0v) is 15.5. The molecule has 7 nitrogen and oxygen atoms in total. The molecule has 0 saturated carbocycles. The molecule has 2 aromatic carbocycles. The zero-order valence-electron chi connectivity index (χ0n) is 15.5. The highest BCUT2D eigenvalue weighted by molar-refractivity contribution is 5.93. The largest absolute Gasteiger partial charge is 0.355 e. The summed E-state index contributed by atoms with van der Waals surface area (Å²) in [5.74, 6) is -0.0563. The Balaban J connectivity index is 1.33. The average molecular weight is 394 g/mol. The van der Waals surface area contributed by atoms with Gasteiger partial charge >= 0.3 is 6.03 Å². The zero-order chi connectivity index (χ0) is 20.2. The lowest BCUT2D eigenvalue weighted by Crippen LogP contribution is -2.51. The molecule has 3 amide bonds. The van der Waals surface area contributed by atoms with Crippen LogP contribution < -0.4 is 5.32 Å². The fourth-order valence-corrected chi connectivity index (χ4v) is 3.12. The lowest BCUT2D eigenvalue weighted by atomic mass is 10.1. The van der Waals surface area contributed by atoms with E-state index in [0.29, 0.717) is 37.6 Å². The van der Waals surface area contributed by atoms with Crippen LogP contribution in [0, 0.1) is 5.82 Å². The van der Waals surface area contributed by atoms with Crippen molar-refractivity contribution in [1.29, 1.82) is 0 Å². The monoisotopic (exact) mass is 394 g/mol. The maximum Gasteiger partial charge on any atom is 0.321 e. The molecule has 3 aromatic rings. The molecule has 1 aliphatic heterocycles. The molecule has 0 radical (unpaired) electrons. The van der Waals surface area contributed by atoms with Gasteiger partial charge in [0.2, 0.25) is 0 Å². The molecular weight excluding hydrogens is 375 g/mol. The number of urea groups is 1. The summed E-state index contributed by atoms with van der Waals surface area (Å²) in [5.41, 5.74) is 1.61. The highest BCUT2D eigenvalue weighted by atomic mass is 19.1. The van der Waals surface area contributed by atoms with Crippen LogP contribution in [-0.2, 0) is 0 Å². The van der Waals surface area contributed by atoms with Crippen molar-refractivity contribution in [1.82, 2.24) is 15.0 Å². The van der Waals surface area contributed by atoms with Gasteiger partial charge in [-0.3, -0.25) is 4.79 Å². The fraction of sp³-hybridized carbons (Fsp3) is 0.190. The van der Waals surface area contributed by atoms with E-state index in [0.717, 1.165) is 5.56 Å². The van der Waals surface area contributed by atoms with E-state index in [1.165, 1.54) is 24.3 Å². The van der Waals surface area contributed by atoms with Gasteiger partial charge < -0.3 is 19.6 Å². The average Bonchev–Trinajstić information content (AvgIpc) is 3.26. The van der Waals surface area contributed by atoms with Crippen molar-refractivity contribution in [3.63, 3.8) is 0 Å². The van der Waals surface area contributed by atoms with Crippen LogP contribution in [0.25, 0.3) is 11.3 Å². The van der Waals surface area contributed by atoms with Crippen molar-refractivity contribution in [3.8, 4) is 11.3 Å². The number of benzene rings is 2. The number of hydrogen-bond acceptors (Lipinski definition) is 4. The Morgan fingerprint density at radius 2 is 1.59 bits per heavy atom. The second-order valence-electron chi connectivity index (χ2n) is 6.66. The Morgan fingerprint density at radius 1 is 0.931 bits per heavy atom. The van der Waals surface area contributed by atoms with E-state index in [1.54, 1.807) is 15.9 Å². The predicted molar refractivity (Wildman–Crippen MR) is 105 cm³/mol. The minimum atomic E-state index is -0.363.